The topological polar surface area (TPSA) is 57.4 Å². The van der Waals surface area contributed by atoms with Crippen molar-refractivity contribution in [3.05, 3.63) is 83.9 Å². The van der Waals surface area contributed by atoms with Gasteiger partial charge in [0.15, 0.2) is 0 Å². The van der Waals surface area contributed by atoms with Crippen molar-refractivity contribution in [2.75, 3.05) is 33.1 Å². The van der Waals surface area contributed by atoms with Gasteiger partial charge in [0.2, 0.25) is 5.91 Å². The van der Waals surface area contributed by atoms with Crippen LogP contribution in [0.2, 0.25) is 0 Å². The fourth-order valence-corrected chi connectivity index (χ4v) is 4.03. The third kappa shape index (κ3) is 5.62. The average molecular weight is 442 g/mol. The van der Waals surface area contributed by atoms with Gasteiger partial charge in [0.05, 0.1) is 7.11 Å². The summed E-state index contributed by atoms with van der Waals surface area (Å²) in [6, 6.07) is 24.4. The van der Waals surface area contributed by atoms with Crippen LogP contribution in [0.3, 0.4) is 0 Å². The van der Waals surface area contributed by atoms with Crippen molar-refractivity contribution >= 4 is 22.5 Å². The number of rotatable bonds is 9. The van der Waals surface area contributed by atoms with Crippen LogP contribution in [0.15, 0.2) is 72.8 Å². The number of para-hydroxylation sites is 1. The van der Waals surface area contributed by atoms with Gasteiger partial charge >= 0.3 is 0 Å². The van der Waals surface area contributed by atoms with Crippen LogP contribution in [0.5, 0.6) is 5.75 Å². The first-order valence-corrected chi connectivity index (χ1v) is 11.3. The molecule has 0 atom stereocenters. The minimum atomic E-state index is 0.0157. The maximum atomic E-state index is 12.7. The highest BCUT2D eigenvalue weighted by atomic mass is 16.5. The number of amides is 1. The Hall–Kier alpha value is -3.57. The van der Waals surface area contributed by atoms with Gasteiger partial charge in [-0.3, -0.25) is 4.79 Å². The number of benzene rings is 3. The van der Waals surface area contributed by atoms with E-state index < -0.39 is 0 Å². The summed E-state index contributed by atoms with van der Waals surface area (Å²) in [5.41, 5.74) is 6.47. The molecule has 1 aromatic heterocycles. The highest BCUT2D eigenvalue weighted by Crippen LogP contribution is 2.32. The third-order valence-electron chi connectivity index (χ3n) is 5.88. The first-order chi connectivity index (χ1) is 16.0. The molecule has 5 heteroatoms. The number of hydrogen-bond acceptors (Lipinski definition) is 3. The normalized spacial score (nSPS) is 11.2. The molecule has 170 valence electrons. The number of nitrogens with zero attached hydrogens (tertiary/aromatic N) is 1. The minimum Gasteiger partial charge on any atom is -0.497 e. The number of carbonyl (C=O) groups excluding carboxylic acids is 1. The zero-order valence-corrected chi connectivity index (χ0v) is 19.5. The fourth-order valence-electron chi connectivity index (χ4n) is 4.03. The number of aromatic nitrogens is 1. The van der Waals surface area contributed by atoms with Crippen LogP contribution in [-0.4, -0.2) is 43.5 Å². The van der Waals surface area contributed by atoms with Crippen LogP contribution in [0.1, 0.15) is 17.5 Å². The van der Waals surface area contributed by atoms with Gasteiger partial charge < -0.3 is 19.9 Å². The number of nitrogens with one attached hydrogen (secondary N) is 2. The lowest BCUT2D eigenvalue weighted by Crippen LogP contribution is -2.15. The highest BCUT2D eigenvalue weighted by molar-refractivity contribution is 5.94. The van der Waals surface area contributed by atoms with Crippen molar-refractivity contribution in [1.82, 2.24) is 9.88 Å². The Bertz CT molecular complexity index is 1210. The number of H-pyrrole nitrogens is 1. The van der Waals surface area contributed by atoms with Gasteiger partial charge in [-0.05, 0) is 86.1 Å². The summed E-state index contributed by atoms with van der Waals surface area (Å²) in [6.45, 7) is 1.01. The second-order valence-corrected chi connectivity index (χ2v) is 8.55. The number of anilines is 1. The van der Waals surface area contributed by atoms with Crippen molar-refractivity contribution in [1.29, 1.82) is 0 Å². The standard InChI is InChI=1S/C28H31N3O2/c1-31(2)19-18-20-8-12-22(13-9-20)29-27(32)17-16-25-24-6-4-5-7-26(24)30-28(25)21-10-14-23(33-3)15-11-21/h4-15,30H,16-19H2,1-3H3,(H,29,32). The van der Waals surface area contributed by atoms with E-state index in [2.05, 4.69) is 53.6 Å². The van der Waals surface area contributed by atoms with Crippen LogP contribution in [0.25, 0.3) is 22.2 Å². The molecule has 0 saturated heterocycles. The van der Waals surface area contributed by atoms with Crippen molar-refractivity contribution in [3.8, 4) is 17.0 Å². The summed E-state index contributed by atoms with van der Waals surface area (Å²) in [5.74, 6) is 0.838. The molecule has 0 unspecified atom stereocenters. The molecule has 0 aliphatic rings. The van der Waals surface area contributed by atoms with Crippen LogP contribution >= 0.6 is 0 Å². The molecule has 3 aromatic carbocycles. The molecule has 0 aliphatic carbocycles. The third-order valence-corrected chi connectivity index (χ3v) is 5.88. The number of aromatic amines is 1. The molecule has 33 heavy (non-hydrogen) atoms. The van der Waals surface area contributed by atoms with Gasteiger partial charge in [-0.2, -0.15) is 0 Å². The number of aryl methyl sites for hydroxylation is 1. The summed E-state index contributed by atoms with van der Waals surface area (Å²) in [7, 11) is 5.81. The van der Waals surface area contributed by atoms with E-state index in [-0.39, 0.29) is 5.91 Å². The van der Waals surface area contributed by atoms with Crippen molar-refractivity contribution < 1.29 is 9.53 Å². The van der Waals surface area contributed by atoms with Crippen LogP contribution in [0, 0.1) is 0 Å². The van der Waals surface area contributed by atoms with Gasteiger partial charge in [0.1, 0.15) is 5.75 Å². The maximum absolute atomic E-state index is 12.7. The molecule has 0 aliphatic heterocycles. The lowest BCUT2D eigenvalue weighted by Gasteiger charge is -2.10. The Balaban J connectivity index is 1.46. The van der Waals surface area contributed by atoms with Gasteiger partial charge in [-0.1, -0.05) is 30.3 Å². The number of carbonyl (C=O) groups is 1. The molecule has 0 bridgehead atoms. The Morgan fingerprint density at radius 1 is 0.939 bits per heavy atom. The first kappa shape index (κ1) is 22.6. The predicted molar refractivity (Wildman–Crippen MR) is 136 cm³/mol. The number of ether oxygens (including phenoxy) is 1. The zero-order valence-electron chi connectivity index (χ0n) is 19.5. The van der Waals surface area contributed by atoms with E-state index in [1.807, 2.05) is 48.5 Å². The van der Waals surface area contributed by atoms with Gasteiger partial charge in [-0.25, -0.2) is 0 Å². The van der Waals surface area contributed by atoms with Crippen molar-refractivity contribution in [2.45, 2.75) is 19.3 Å². The molecule has 5 nitrogen and oxygen atoms in total. The summed E-state index contributed by atoms with van der Waals surface area (Å²) >= 11 is 0. The molecule has 2 N–H and O–H groups in total. The number of methoxy groups -OCH3 is 1. The van der Waals surface area contributed by atoms with E-state index in [0.717, 1.165) is 52.1 Å². The summed E-state index contributed by atoms with van der Waals surface area (Å²) in [6.07, 6.45) is 2.06. The molecular formula is C28H31N3O2. The number of likely N-dealkylation sites (N-methyl/N-ethyl adjacent to an activating group) is 1. The zero-order chi connectivity index (χ0) is 23.2. The molecule has 1 heterocycles. The van der Waals surface area contributed by atoms with Crippen molar-refractivity contribution in [2.24, 2.45) is 0 Å². The Morgan fingerprint density at radius 2 is 1.67 bits per heavy atom. The van der Waals surface area contributed by atoms with Crippen LogP contribution in [-0.2, 0) is 17.6 Å². The minimum absolute atomic E-state index is 0.0157. The Kier molecular flexibility index (Phi) is 7.10. The fraction of sp³-hybridized carbons (Fsp3) is 0.250. The molecule has 0 saturated carbocycles. The SMILES string of the molecule is COc1ccc(-c2[nH]c3ccccc3c2CCC(=O)Nc2ccc(CCN(C)C)cc2)cc1. The number of fused-ring (bicyclic) bond motifs is 1. The Morgan fingerprint density at radius 3 is 2.36 bits per heavy atom. The molecule has 1 amide bonds. The molecule has 0 spiro atoms. The van der Waals surface area contributed by atoms with E-state index in [9.17, 15) is 4.79 Å². The smallest absolute Gasteiger partial charge is 0.224 e. The van der Waals surface area contributed by atoms with Crippen molar-refractivity contribution in [3.63, 3.8) is 0 Å². The monoisotopic (exact) mass is 441 g/mol. The highest BCUT2D eigenvalue weighted by Gasteiger charge is 2.15. The van der Waals surface area contributed by atoms with E-state index in [1.165, 1.54) is 5.56 Å². The van der Waals surface area contributed by atoms with E-state index in [0.29, 0.717) is 12.8 Å². The summed E-state index contributed by atoms with van der Waals surface area (Å²) in [5, 5.41) is 4.20. The largest absolute Gasteiger partial charge is 0.497 e. The van der Waals surface area contributed by atoms with E-state index in [4.69, 9.17) is 4.74 Å². The second-order valence-electron chi connectivity index (χ2n) is 8.55. The predicted octanol–water partition coefficient (Wildman–Crippen LogP) is 5.52. The van der Waals surface area contributed by atoms with Gasteiger partial charge in [0, 0.05) is 35.2 Å². The first-order valence-electron chi connectivity index (χ1n) is 11.3. The molecule has 0 fully saturated rings. The number of hydrogen-bond donors (Lipinski definition) is 2. The lowest BCUT2D eigenvalue weighted by atomic mass is 10.0. The molecule has 4 rings (SSSR count). The van der Waals surface area contributed by atoms with Crippen LogP contribution < -0.4 is 10.1 Å². The van der Waals surface area contributed by atoms with Crippen LogP contribution in [0.4, 0.5) is 5.69 Å². The van der Waals surface area contributed by atoms with Gasteiger partial charge in [-0.15, -0.1) is 0 Å². The summed E-state index contributed by atoms with van der Waals surface area (Å²) in [4.78, 5) is 18.4. The average Bonchev–Trinajstić information content (AvgIpc) is 3.21. The maximum Gasteiger partial charge on any atom is 0.224 e. The molecule has 4 aromatic rings. The lowest BCUT2D eigenvalue weighted by molar-refractivity contribution is -0.116. The Labute approximate surface area is 195 Å². The second kappa shape index (κ2) is 10.4. The van der Waals surface area contributed by atoms with E-state index >= 15 is 0 Å². The van der Waals surface area contributed by atoms with Gasteiger partial charge in [0.25, 0.3) is 0 Å². The van der Waals surface area contributed by atoms with E-state index in [1.54, 1.807) is 7.11 Å². The molecular weight excluding hydrogens is 410 g/mol. The summed E-state index contributed by atoms with van der Waals surface area (Å²) < 4.78 is 5.30. The quantitative estimate of drug-likeness (QED) is 0.360. The molecule has 0 radical (unpaired) electrons.